The number of sulfonamides is 1. The summed E-state index contributed by atoms with van der Waals surface area (Å²) in [5, 5.41) is 10.5. The summed E-state index contributed by atoms with van der Waals surface area (Å²) in [7, 11) is -2.21. The highest BCUT2D eigenvalue weighted by Crippen LogP contribution is 2.40. The third kappa shape index (κ3) is 8.27. The highest BCUT2D eigenvalue weighted by atomic mass is 32.2. The summed E-state index contributed by atoms with van der Waals surface area (Å²) in [6, 6.07) is 25.6. The molecule has 4 aromatic carbocycles. The fourth-order valence-corrected chi connectivity index (χ4v) is 5.55. The van der Waals surface area contributed by atoms with E-state index in [1.165, 1.54) is 7.11 Å². The lowest BCUT2D eigenvalue weighted by molar-refractivity contribution is 0.262. The summed E-state index contributed by atoms with van der Waals surface area (Å²) in [4.78, 5) is 22.3. The van der Waals surface area contributed by atoms with E-state index in [1.807, 2.05) is 82.3 Å². The smallest absolute Gasteiger partial charge is 0.323 e. The van der Waals surface area contributed by atoms with E-state index in [0.29, 0.717) is 29.0 Å². The van der Waals surface area contributed by atoms with Gasteiger partial charge in [0.05, 0.1) is 36.5 Å². The van der Waals surface area contributed by atoms with E-state index in [4.69, 9.17) is 9.47 Å². The van der Waals surface area contributed by atoms with Gasteiger partial charge in [-0.2, -0.15) is 4.98 Å². The van der Waals surface area contributed by atoms with Crippen LogP contribution in [0.4, 0.5) is 27.8 Å². The lowest BCUT2D eigenvalue weighted by Crippen LogP contribution is -2.22. The quantitative estimate of drug-likeness (QED) is 0.119. The number of urea groups is 1. The number of ether oxygens (including phenoxy) is 2. The van der Waals surface area contributed by atoms with Gasteiger partial charge in [-0.25, -0.2) is 18.2 Å². The number of anilines is 4. The zero-order valence-electron chi connectivity index (χ0n) is 27.1. The predicted molar refractivity (Wildman–Crippen MR) is 187 cm³/mol. The topological polar surface area (TPSA) is 144 Å². The van der Waals surface area contributed by atoms with Crippen molar-refractivity contribution in [1.29, 1.82) is 0 Å². The standard InChI is InChI=1S/C35H38N6O5S/c1-22(23-12-8-7-9-13-23)37-33-36-19-18-31(40-33)46-30-17-16-27(25-14-10-11-15-26(25)30)38-34(42)39-28-20-24(35(2,3)4)21-29(32(28)45-5)41-47(6,43)44/h7-22,41H,1-6H3,(H,36,37,40)(H2,38,39,42)/t22-/m1/s1. The van der Waals surface area contributed by atoms with Crippen molar-refractivity contribution in [2.75, 3.05) is 34.0 Å². The number of hydrogen-bond acceptors (Lipinski definition) is 8. The van der Waals surface area contributed by atoms with Crippen LogP contribution in [0.3, 0.4) is 0 Å². The molecule has 244 valence electrons. The number of nitrogens with one attached hydrogen (secondary N) is 4. The molecule has 0 spiro atoms. The van der Waals surface area contributed by atoms with E-state index < -0.39 is 16.1 Å². The molecule has 1 atom stereocenters. The minimum absolute atomic E-state index is 0.0118. The van der Waals surface area contributed by atoms with Gasteiger partial charge in [-0.3, -0.25) is 4.72 Å². The number of carbonyl (C=O) groups excluding carboxylic acids is 1. The van der Waals surface area contributed by atoms with Crippen LogP contribution in [-0.2, 0) is 15.4 Å². The molecule has 0 saturated heterocycles. The van der Waals surface area contributed by atoms with E-state index in [1.54, 1.807) is 36.5 Å². The van der Waals surface area contributed by atoms with Crippen LogP contribution in [0.5, 0.6) is 17.4 Å². The number of methoxy groups -OCH3 is 1. The monoisotopic (exact) mass is 654 g/mol. The molecule has 0 aliphatic carbocycles. The maximum absolute atomic E-state index is 13.4. The Labute approximate surface area is 274 Å². The molecule has 0 radical (unpaired) electrons. The fraction of sp³-hybridized carbons (Fsp3) is 0.229. The van der Waals surface area contributed by atoms with Crippen molar-refractivity contribution in [3.8, 4) is 17.4 Å². The average Bonchev–Trinajstić information content (AvgIpc) is 3.01. The molecule has 0 aliphatic heterocycles. The number of carbonyl (C=O) groups is 1. The molecule has 1 aromatic heterocycles. The SMILES string of the molecule is COc1c(NC(=O)Nc2ccc(Oc3ccnc(N[C@H](C)c4ccccc4)n3)c3ccccc23)cc(C(C)(C)C)cc1NS(C)(=O)=O. The highest BCUT2D eigenvalue weighted by molar-refractivity contribution is 7.92. The van der Waals surface area contributed by atoms with E-state index in [-0.39, 0.29) is 22.9 Å². The Morgan fingerprint density at radius 3 is 2.19 bits per heavy atom. The molecule has 0 saturated carbocycles. The molecule has 0 bridgehead atoms. The van der Waals surface area contributed by atoms with Crippen LogP contribution >= 0.6 is 0 Å². The number of rotatable bonds is 10. The van der Waals surface area contributed by atoms with Gasteiger partial charge in [-0.15, -0.1) is 0 Å². The number of fused-ring (bicyclic) bond motifs is 1. The van der Waals surface area contributed by atoms with Crippen LogP contribution in [0.2, 0.25) is 0 Å². The molecular formula is C35H38N6O5S. The lowest BCUT2D eigenvalue weighted by Gasteiger charge is -2.24. The predicted octanol–water partition coefficient (Wildman–Crippen LogP) is 7.92. The molecule has 11 nitrogen and oxygen atoms in total. The molecule has 1 heterocycles. The summed E-state index contributed by atoms with van der Waals surface area (Å²) in [6.07, 6.45) is 2.69. The highest BCUT2D eigenvalue weighted by Gasteiger charge is 2.22. The van der Waals surface area contributed by atoms with Gasteiger partial charge in [0.15, 0.2) is 5.75 Å². The molecule has 0 aliphatic rings. The molecule has 0 fully saturated rings. The zero-order chi connectivity index (χ0) is 33.8. The normalized spacial score (nSPS) is 12.2. The van der Waals surface area contributed by atoms with Crippen LogP contribution in [-0.4, -0.2) is 37.8 Å². The second kappa shape index (κ2) is 13.6. The van der Waals surface area contributed by atoms with Crippen molar-refractivity contribution in [1.82, 2.24) is 9.97 Å². The summed E-state index contributed by atoms with van der Waals surface area (Å²) >= 11 is 0. The third-order valence-electron chi connectivity index (χ3n) is 7.32. The van der Waals surface area contributed by atoms with Crippen molar-refractivity contribution in [3.63, 3.8) is 0 Å². The molecule has 2 amide bonds. The molecule has 12 heteroatoms. The summed E-state index contributed by atoms with van der Waals surface area (Å²) < 4.78 is 38.4. The van der Waals surface area contributed by atoms with E-state index >= 15 is 0 Å². The Morgan fingerprint density at radius 1 is 0.851 bits per heavy atom. The molecule has 47 heavy (non-hydrogen) atoms. The van der Waals surface area contributed by atoms with Gasteiger partial charge in [0.25, 0.3) is 0 Å². The van der Waals surface area contributed by atoms with Gasteiger partial charge in [0.2, 0.25) is 21.9 Å². The van der Waals surface area contributed by atoms with Crippen molar-refractivity contribution >= 4 is 49.8 Å². The first-order valence-electron chi connectivity index (χ1n) is 14.9. The van der Waals surface area contributed by atoms with Gasteiger partial charge in [0.1, 0.15) is 5.75 Å². The summed E-state index contributed by atoms with van der Waals surface area (Å²) in [6.45, 7) is 8.00. The van der Waals surface area contributed by atoms with Crippen LogP contribution < -0.4 is 30.1 Å². The Bertz CT molecular complexity index is 2010. The second-order valence-corrected chi connectivity index (χ2v) is 13.8. The molecule has 0 unspecified atom stereocenters. The number of aromatic nitrogens is 2. The largest absolute Gasteiger partial charge is 0.492 e. The minimum atomic E-state index is -3.62. The van der Waals surface area contributed by atoms with Gasteiger partial charge in [-0.1, -0.05) is 75.4 Å². The summed E-state index contributed by atoms with van der Waals surface area (Å²) in [5.74, 6) is 1.52. The number of benzene rings is 4. The lowest BCUT2D eigenvalue weighted by atomic mass is 9.86. The van der Waals surface area contributed by atoms with E-state index in [2.05, 4.69) is 30.6 Å². The first-order chi connectivity index (χ1) is 22.3. The molecule has 4 N–H and O–H groups in total. The van der Waals surface area contributed by atoms with Crippen LogP contribution in [0.15, 0.2) is 91.1 Å². The van der Waals surface area contributed by atoms with Crippen molar-refractivity contribution < 1.29 is 22.7 Å². The molecule has 5 rings (SSSR count). The number of amides is 2. The van der Waals surface area contributed by atoms with E-state index in [0.717, 1.165) is 28.2 Å². The van der Waals surface area contributed by atoms with E-state index in [9.17, 15) is 13.2 Å². The Balaban J connectivity index is 1.38. The van der Waals surface area contributed by atoms with Crippen molar-refractivity contribution in [2.24, 2.45) is 0 Å². The average molecular weight is 655 g/mol. The first-order valence-corrected chi connectivity index (χ1v) is 16.8. The van der Waals surface area contributed by atoms with Gasteiger partial charge in [0, 0.05) is 23.0 Å². The van der Waals surface area contributed by atoms with Crippen molar-refractivity contribution in [3.05, 3.63) is 102 Å². The second-order valence-electron chi connectivity index (χ2n) is 12.1. The van der Waals surface area contributed by atoms with Gasteiger partial charge >= 0.3 is 6.03 Å². The maximum atomic E-state index is 13.4. The summed E-state index contributed by atoms with van der Waals surface area (Å²) in [5.41, 5.74) is 2.62. The van der Waals surface area contributed by atoms with Crippen LogP contribution in [0, 0.1) is 0 Å². The van der Waals surface area contributed by atoms with Crippen LogP contribution in [0.1, 0.15) is 44.9 Å². The minimum Gasteiger partial charge on any atom is -0.492 e. The van der Waals surface area contributed by atoms with Gasteiger partial charge in [-0.05, 0) is 47.7 Å². The molecule has 5 aromatic rings. The first kappa shape index (κ1) is 33.0. The fourth-order valence-electron chi connectivity index (χ4n) is 5.00. The van der Waals surface area contributed by atoms with Crippen molar-refractivity contribution in [2.45, 2.75) is 39.2 Å². The van der Waals surface area contributed by atoms with Crippen LogP contribution in [0.25, 0.3) is 10.8 Å². The Hall–Kier alpha value is -5.36. The Kier molecular flexibility index (Phi) is 9.52. The number of nitrogens with zero attached hydrogens (tertiary/aromatic N) is 2. The third-order valence-corrected chi connectivity index (χ3v) is 7.92. The van der Waals surface area contributed by atoms with Gasteiger partial charge < -0.3 is 25.4 Å². The zero-order valence-corrected chi connectivity index (χ0v) is 27.9. The number of hydrogen-bond donors (Lipinski definition) is 4. The Morgan fingerprint density at radius 2 is 1.51 bits per heavy atom. The maximum Gasteiger partial charge on any atom is 0.323 e. The molecular weight excluding hydrogens is 616 g/mol.